The Morgan fingerprint density at radius 3 is 2.72 bits per heavy atom. The minimum Gasteiger partial charge on any atom is -0.497 e. The van der Waals surface area contributed by atoms with E-state index in [0.717, 1.165) is 22.5 Å². The van der Waals surface area contributed by atoms with Gasteiger partial charge < -0.3 is 19.0 Å². The molecule has 1 aromatic carbocycles. The Balaban J connectivity index is 1.53. The minimum atomic E-state index is -0.0677. The topological polar surface area (TPSA) is 71.7 Å². The molecule has 7 heteroatoms. The fourth-order valence-corrected chi connectivity index (χ4v) is 3.08. The molecular formula is C18H18N4O3. The molecule has 0 N–H and O–H groups in total. The van der Waals surface area contributed by atoms with E-state index in [1.165, 1.54) is 6.26 Å². The molecule has 0 spiro atoms. The highest BCUT2D eigenvalue weighted by atomic mass is 16.5. The molecule has 1 saturated heterocycles. The maximum Gasteiger partial charge on any atom is 0.289 e. The van der Waals surface area contributed by atoms with Crippen LogP contribution in [0, 0.1) is 0 Å². The number of carbonyl (C=O) groups excluding carboxylic acids is 1. The number of nitrogens with zero attached hydrogens (tertiary/aromatic N) is 4. The molecule has 3 heterocycles. The second-order valence-electron chi connectivity index (χ2n) is 5.84. The number of furan rings is 1. The summed E-state index contributed by atoms with van der Waals surface area (Å²) in [5, 5.41) is 0.981. The van der Waals surface area contributed by atoms with E-state index in [9.17, 15) is 4.79 Å². The predicted molar refractivity (Wildman–Crippen MR) is 92.9 cm³/mol. The second-order valence-corrected chi connectivity index (χ2v) is 5.84. The van der Waals surface area contributed by atoms with Gasteiger partial charge in [0.15, 0.2) is 5.76 Å². The maximum atomic E-state index is 12.4. The molecule has 7 nitrogen and oxygen atoms in total. The summed E-state index contributed by atoms with van der Waals surface area (Å²) in [6.45, 7) is 2.68. The van der Waals surface area contributed by atoms with E-state index in [1.807, 2.05) is 23.1 Å². The molecule has 0 aliphatic carbocycles. The predicted octanol–water partition coefficient (Wildman–Crippen LogP) is 2.19. The normalized spacial score (nSPS) is 14.8. The first-order valence-electron chi connectivity index (χ1n) is 8.13. The third-order valence-electron chi connectivity index (χ3n) is 4.42. The van der Waals surface area contributed by atoms with Gasteiger partial charge in [0.05, 0.1) is 18.9 Å². The zero-order valence-corrected chi connectivity index (χ0v) is 13.9. The monoisotopic (exact) mass is 338 g/mol. The third-order valence-corrected chi connectivity index (χ3v) is 4.42. The SMILES string of the molecule is COc1ccc2c(N3CCN(C(=O)c4ccco4)CC3)ncnc2c1. The molecule has 1 amide bonds. The van der Waals surface area contributed by atoms with Crippen LogP contribution >= 0.6 is 0 Å². The third kappa shape index (κ3) is 2.88. The molecule has 1 fully saturated rings. The van der Waals surface area contributed by atoms with Crippen LogP contribution in [0.15, 0.2) is 47.3 Å². The lowest BCUT2D eigenvalue weighted by atomic mass is 10.2. The number of fused-ring (bicyclic) bond motifs is 1. The van der Waals surface area contributed by atoms with Gasteiger partial charge in [-0.1, -0.05) is 0 Å². The van der Waals surface area contributed by atoms with Crippen molar-refractivity contribution in [2.75, 3.05) is 38.2 Å². The summed E-state index contributed by atoms with van der Waals surface area (Å²) in [5.41, 5.74) is 0.846. The van der Waals surface area contributed by atoms with E-state index in [2.05, 4.69) is 14.9 Å². The van der Waals surface area contributed by atoms with Crippen LogP contribution in [0.3, 0.4) is 0 Å². The van der Waals surface area contributed by atoms with Gasteiger partial charge in [0.1, 0.15) is 17.9 Å². The first-order valence-corrected chi connectivity index (χ1v) is 8.13. The van der Waals surface area contributed by atoms with Crippen LogP contribution in [0.2, 0.25) is 0 Å². The summed E-state index contributed by atoms with van der Waals surface area (Å²) in [4.78, 5) is 25.1. The number of piperazine rings is 1. The van der Waals surface area contributed by atoms with E-state index < -0.39 is 0 Å². The number of carbonyl (C=O) groups is 1. The van der Waals surface area contributed by atoms with Crippen LogP contribution in [0.25, 0.3) is 10.9 Å². The van der Waals surface area contributed by atoms with Crippen LogP contribution in [0.5, 0.6) is 5.75 Å². The van der Waals surface area contributed by atoms with E-state index >= 15 is 0 Å². The van der Waals surface area contributed by atoms with Gasteiger partial charge in [0, 0.05) is 37.6 Å². The summed E-state index contributed by atoms with van der Waals surface area (Å²) < 4.78 is 10.5. The number of anilines is 1. The first-order chi connectivity index (χ1) is 12.3. The summed E-state index contributed by atoms with van der Waals surface area (Å²) in [7, 11) is 1.64. The highest BCUT2D eigenvalue weighted by Crippen LogP contribution is 2.27. The van der Waals surface area contributed by atoms with Gasteiger partial charge in [-0.2, -0.15) is 0 Å². The lowest BCUT2D eigenvalue weighted by molar-refractivity contribution is 0.0714. The van der Waals surface area contributed by atoms with Crippen LogP contribution in [0.1, 0.15) is 10.6 Å². The smallest absolute Gasteiger partial charge is 0.289 e. The van der Waals surface area contributed by atoms with Crippen LogP contribution < -0.4 is 9.64 Å². The van der Waals surface area contributed by atoms with Crippen molar-refractivity contribution in [2.24, 2.45) is 0 Å². The lowest BCUT2D eigenvalue weighted by Gasteiger charge is -2.35. The van der Waals surface area contributed by atoms with Gasteiger partial charge in [-0.15, -0.1) is 0 Å². The molecule has 0 bridgehead atoms. The minimum absolute atomic E-state index is 0.0677. The second kappa shape index (κ2) is 6.43. The van der Waals surface area contributed by atoms with E-state index in [1.54, 1.807) is 25.6 Å². The van der Waals surface area contributed by atoms with Gasteiger partial charge >= 0.3 is 0 Å². The van der Waals surface area contributed by atoms with Crippen LogP contribution in [0.4, 0.5) is 5.82 Å². The molecule has 0 saturated carbocycles. The van der Waals surface area contributed by atoms with Crippen molar-refractivity contribution in [1.29, 1.82) is 0 Å². The fourth-order valence-electron chi connectivity index (χ4n) is 3.08. The molecule has 1 aliphatic heterocycles. The van der Waals surface area contributed by atoms with Gasteiger partial charge in [-0.25, -0.2) is 9.97 Å². The number of hydrogen-bond acceptors (Lipinski definition) is 6. The largest absolute Gasteiger partial charge is 0.497 e. The number of amides is 1. The van der Waals surface area contributed by atoms with Crippen molar-refractivity contribution in [3.05, 3.63) is 48.7 Å². The number of ether oxygens (including phenoxy) is 1. The molecule has 2 aromatic heterocycles. The molecule has 4 rings (SSSR count). The Hall–Kier alpha value is -3.09. The fraction of sp³-hybridized carbons (Fsp3) is 0.278. The Bertz CT molecular complexity index is 886. The van der Waals surface area contributed by atoms with Crippen molar-refractivity contribution in [2.45, 2.75) is 0 Å². The number of hydrogen-bond donors (Lipinski definition) is 0. The van der Waals surface area contributed by atoms with E-state index in [0.29, 0.717) is 31.9 Å². The molecule has 25 heavy (non-hydrogen) atoms. The first kappa shape index (κ1) is 15.4. The highest BCUT2D eigenvalue weighted by molar-refractivity contribution is 5.92. The van der Waals surface area contributed by atoms with Crippen molar-refractivity contribution < 1.29 is 13.9 Å². The van der Waals surface area contributed by atoms with Crippen molar-refractivity contribution in [3.63, 3.8) is 0 Å². The summed E-state index contributed by atoms with van der Waals surface area (Å²) in [6, 6.07) is 9.21. The maximum absolute atomic E-state index is 12.4. The molecule has 0 atom stereocenters. The Labute approximate surface area is 144 Å². The molecule has 128 valence electrons. The number of methoxy groups -OCH3 is 1. The zero-order chi connectivity index (χ0) is 17.2. The molecular weight excluding hydrogens is 320 g/mol. The Morgan fingerprint density at radius 1 is 1.16 bits per heavy atom. The Morgan fingerprint density at radius 2 is 2.00 bits per heavy atom. The zero-order valence-electron chi connectivity index (χ0n) is 13.9. The van der Waals surface area contributed by atoms with E-state index in [4.69, 9.17) is 9.15 Å². The average Bonchev–Trinajstić information content (AvgIpc) is 3.21. The van der Waals surface area contributed by atoms with Gasteiger partial charge in [0.2, 0.25) is 0 Å². The number of aromatic nitrogens is 2. The standard InChI is InChI=1S/C18H18N4O3/c1-24-13-4-5-14-15(11-13)19-12-20-17(14)21-6-8-22(9-7-21)18(23)16-3-2-10-25-16/h2-5,10-12H,6-9H2,1H3. The number of benzene rings is 1. The lowest BCUT2D eigenvalue weighted by Crippen LogP contribution is -2.49. The molecule has 0 radical (unpaired) electrons. The Kier molecular flexibility index (Phi) is 3.97. The van der Waals surface area contributed by atoms with E-state index in [-0.39, 0.29) is 5.91 Å². The highest BCUT2D eigenvalue weighted by Gasteiger charge is 2.25. The van der Waals surface area contributed by atoms with Gasteiger partial charge in [-0.3, -0.25) is 4.79 Å². The van der Waals surface area contributed by atoms with Crippen molar-refractivity contribution >= 4 is 22.6 Å². The summed E-state index contributed by atoms with van der Waals surface area (Å²) in [6.07, 6.45) is 3.09. The molecule has 3 aromatic rings. The molecule has 0 unspecified atom stereocenters. The van der Waals surface area contributed by atoms with Gasteiger partial charge in [-0.05, 0) is 24.3 Å². The number of rotatable bonds is 3. The average molecular weight is 338 g/mol. The summed E-state index contributed by atoms with van der Waals surface area (Å²) >= 11 is 0. The quantitative estimate of drug-likeness (QED) is 0.729. The summed E-state index contributed by atoms with van der Waals surface area (Å²) in [5.74, 6) is 1.97. The van der Waals surface area contributed by atoms with Crippen molar-refractivity contribution in [1.82, 2.24) is 14.9 Å². The van der Waals surface area contributed by atoms with Crippen LogP contribution in [-0.2, 0) is 0 Å². The van der Waals surface area contributed by atoms with Crippen LogP contribution in [-0.4, -0.2) is 54.1 Å². The van der Waals surface area contributed by atoms with Gasteiger partial charge in [0.25, 0.3) is 5.91 Å². The van der Waals surface area contributed by atoms with Crippen molar-refractivity contribution in [3.8, 4) is 5.75 Å². The molecule has 1 aliphatic rings.